The molecule has 2 aromatic carbocycles. The van der Waals surface area contributed by atoms with E-state index in [1.807, 2.05) is 0 Å². The summed E-state index contributed by atoms with van der Waals surface area (Å²) >= 11 is 0. The fraction of sp³-hybridized carbons (Fsp3) is 0.318. The summed E-state index contributed by atoms with van der Waals surface area (Å²) in [7, 11) is 0. The van der Waals surface area contributed by atoms with Gasteiger partial charge in [0.05, 0.1) is 23.8 Å². The zero-order chi connectivity index (χ0) is 20.4. The molecule has 0 saturated carbocycles. The van der Waals surface area contributed by atoms with Crippen LogP contribution in [-0.4, -0.2) is 41.9 Å². The van der Waals surface area contributed by atoms with E-state index in [9.17, 15) is 14.4 Å². The molecule has 0 spiro atoms. The van der Waals surface area contributed by atoms with Crippen molar-refractivity contribution in [2.75, 3.05) is 18.5 Å². The Kier molecular flexibility index (Phi) is 5.31. The minimum atomic E-state index is -0.316. The number of nitrogens with one attached hydrogen (secondary N) is 1. The van der Waals surface area contributed by atoms with E-state index in [1.165, 1.54) is 4.90 Å². The Bertz CT molecular complexity index is 948. The van der Waals surface area contributed by atoms with Gasteiger partial charge in [-0.25, -0.2) is 0 Å². The molecule has 1 fully saturated rings. The maximum atomic E-state index is 12.7. The Morgan fingerprint density at radius 1 is 1.10 bits per heavy atom. The van der Waals surface area contributed by atoms with Gasteiger partial charge in [0.15, 0.2) is 0 Å². The molecule has 2 aliphatic rings. The van der Waals surface area contributed by atoms with Gasteiger partial charge in [0.25, 0.3) is 11.8 Å². The zero-order valence-corrected chi connectivity index (χ0v) is 16.1. The van der Waals surface area contributed by atoms with Gasteiger partial charge in [-0.3, -0.25) is 19.3 Å². The van der Waals surface area contributed by atoms with E-state index in [1.54, 1.807) is 49.4 Å². The van der Waals surface area contributed by atoms with Crippen LogP contribution in [0.15, 0.2) is 42.5 Å². The van der Waals surface area contributed by atoms with Crippen molar-refractivity contribution in [1.82, 2.24) is 4.90 Å². The van der Waals surface area contributed by atoms with Gasteiger partial charge >= 0.3 is 0 Å². The molecule has 2 heterocycles. The maximum absolute atomic E-state index is 12.7. The Balaban J connectivity index is 1.46. The Morgan fingerprint density at radius 2 is 1.83 bits per heavy atom. The average molecular weight is 394 g/mol. The quantitative estimate of drug-likeness (QED) is 0.757. The molecule has 1 atom stereocenters. The summed E-state index contributed by atoms with van der Waals surface area (Å²) in [6.45, 7) is 2.74. The molecule has 29 heavy (non-hydrogen) atoms. The summed E-state index contributed by atoms with van der Waals surface area (Å²) in [4.78, 5) is 38.0. The van der Waals surface area contributed by atoms with Crippen LogP contribution in [-0.2, 0) is 9.53 Å². The molecule has 7 nitrogen and oxygen atoms in total. The third-order valence-corrected chi connectivity index (χ3v) is 5.05. The summed E-state index contributed by atoms with van der Waals surface area (Å²) in [5.74, 6) is 0.362. The minimum Gasteiger partial charge on any atom is -0.457 e. The van der Waals surface area contributed by atoms with Gasteiger partial charge in [-0.1, -0.05) is 6.92 Å². The molecule has 150 valence electrons. The molecule has 7 heteroatoms. The van der Waals surface area contributed by atoms with Crippen molar-refractivity contribution >= 4 is 23.4 Å². The first kappa shape index (κ1) is 19.1. The molecular weight excluding hydrogens is 372 g/mol. The van der Waals surface area contributed by atoms with Crippen molar-refractivity contribution in [2.24, 2.45) is 0 Å². The second-order valence-corrected chi connectivity index (χ2v) is 7.09. The number of hydrogen-bond donors (Lipinski definition) is 1. The summed E-state index contributed by atoms with van der Waals surface area (Å²) in [5.41, 5.74) is 1.42. The van der Waals surface area contributed by atoms with E-state index >= 15 is 0 Å². The first-order chi connectivity index (χ1) is 14.0. The molecule has 0 aromatic heterocycles. The minimum absolute atomic E-state index is 0.0620. The zero-order valence-electron chi connectivity index (χ0n) is 16.1. The highest BCUT2D eigenvalue weighted by Gasteiger charge is 2.37. The number of imide groups is 1. The number of anilines is 1. The van der Waals surface area contributed by atoms with Crippen LogP contribution in [0.3, 0.4) is 0 Å². The van der Waals surface area contributed by atoms with E-state index in [0.29, 0.717) is 41.3 Å². The largest absolute Gasteiger partial charge is 0.457 e. The van der Waals surface area contributed by atoms with Gasteiger partial charge in [-0.15, -0.1) is 0 Å². The first-order valence-electron chi connectivity index (χ1n) is 9.74. The lowest BCUT2D eigenvalue weighted by molar-refractivity contribution is -0.115. The van der Waals surface area contributed by atoms with Crippen LogP contribution in [0.25, 0.3) is 0 Å². The van der Waals surface area contributed by atoms with Gasteiger partial charge < -0.3 is 14.8 Å². The van der Waals surface area contributed by atoms with Gasteiger partial charge in [0.2, 0.25) is 5.91 Å². The van der Waals surface area contributed by atoms with Crippen LogP contribution >= 0.6 is 0 Å². The van der Waals surface area contributed by atoms with Crippen molar-refractivity contribution < 1.29 is 23.9 Å². The lowest BCUT2D eigenvalue weighted by Gasteiger charge is -2.17. The van der Waals surface area contributed by atoms with E-state index in [0.717, 1.165) is 12.8 Å². The number of carbonyl (C=O) groups excluding carboxylic acids is 3. The molecular formula is C22H22N2O5. The number of fused-ring (bicyclic) bond motifs is 1. The van der Waals surface area contributed by atoms with E-state index in [2.05, 4.69) is 5.32 Å². The first-order valence-corrected chi connectivity index (χ1v) is 9.74. The molecule has 0 aliphatic carbocycles. The smallest absolute Gasteiger partial charge is 0.261 e. The van der Waals surface area contributed by atoms with Crippen LogP contribution in [0.2, 0.25) is 0 Å². The van der Waals surface area contributed by atoms with E-state index in [4.69, 9.17) is 9.47 Å². The van der Waals surface area contributed by atoms with Gasteiger partial charge in [0.1, 0.15) is 11.5 Å². The fourth-order valence-electron chi connectivity index (χ4n) is 3.48. The van der Waals surface area contributed by atoms with Crippen LogP contribution in [0.1, 0.15) is 46.9 Å². The summed E-state index contributed by atoms with van der Waals surface area (Å²) in [6.07, 6.45) is 2.13. The predicted molar refractivity (Wildman–Crippen MR) is 106 cm³/mol. The van der Waals surface area contributed by atoms with Crippen LogP contribution in [0.4, 0.5) is 5.69 Å². The van der Waals surface area contributed by atoms with E-state index in [-0.39, 0.29) is 30.4 Å². The topological polar surface area (TPSA) is 84.9 Å². The number of rotatable bonds is 6. The molecule has 0 unspecified atom stereocenters. The average Bonchev–Trinajstić information content (AvgIpc) is 3.32. The summed E-state index contributed by atoms with van der Waals surface area (Å²) in [6, 6.07) is 11.8. The highest BCUT2D eigenvalue weighted by Crippen LogP contribution is 2.30. The molecule has 1 N–H and O–H groups in total. The monoisotopic (exact) mass is 394 g/mol. The molecule has 2 aromatic rings. The van der Waals surface area contributed by atoms with Crippen molar-refractivity contribution in [1.29, 1.82) is 0 Å². The van der Waals surface area contributed by atoms with Crippen molar-refractivity contribution in [3.8, 4) is 11.5 Å². The van der Waals surface area contributed by atoms with Gasteiger partial charge in [0, 0.05) is 18.7 Å². The Labute approximate surface area is 168 Å². The maximum Gasteiger partial charge on any atom is 0.261 e. The highest BCUT2D eigenvalue weighted by atomic mass is 16.5. The molecule has 4 rings (SSSR count). The molecule has 2 aliphatic heterocycles. The Morgan fingerprint density at radius 3 is 2.52 bits per heavy atom. The number of hydrogen-bond acceptors (Lipinski definition) is 5. The second kappa shape index (κ2) is 8.05. The summed E-state index contributed by atoms with van der Waals surface area (Å²) < 4.78 is 11.4. The lowest BCUT2D eigenvalue weighted by Crippen LogP contribution is -2.36. The Hall–Kier alpha value is -3.19. The number of benzene rings is 2. The van der Waals surface area contributed by atoms with Crippen molar-refractivity contribution in [3.63, 3.8) is 0 Å². The number of amides is 3. The van der Waals surface area contributed by atoms with Crippen molar-refractivity contribution in [3.05, 3.63) is 53.6 Å². The SMILES string of the molecule is CCC(=O)Nc1ccc(Oc2ccc3c(c2)C(=O)N(C[C@@H]2CCCO2)C3=O)cc1. The second-order valence-electron chi connectivity index (χ2n) is 7.09. The lowest BCUT2D eigenvalue weighted by atomic mass is 10.1. The molecule has 3 amide bonds. The van der Waals surface area contributed by atoms with E-state index < -0.39 is 0 Å². The third kappa shape index (κ3) is 4.00. The highest BCUT2D eigenvalue weighted by molar-refractivity contribution is 6.21. The molecule has 1 saturated heterocycles. The predicted octanol–water partition coefficient (Wildman–Crippen LogP) is 3.60. The van der Waals surface area contributed by atoms with Gasteiger partial charge in [-0.05, 0) is 55.3 Å². The van der Waals surface area contributed by atoms with Gasteiger partial charge in [-0.2, -0.15) is 0 Å². The van der Waals surface area contributed by atoms with Crippen LogP contribution in [0, 0.1) is 0 Å². The standard InChI is InChI=1S/C22H22N2O5/c1-2-20(25)23-14-5-7-15(8-6-14)29-16-9-10-18-19(12-16)22(27)24(21(18)26)13-17-4-3-11-28-17/h5-10,12,17H,2-4,11,13H2,1H3,(H,23,25)/t17-/m0/s1. The summed E-state index contributed by atoms with van der Waals surface area (Å²) in [5, 5.41) is 2.77. The third-order valence-electron chi connectivity index (χ3n) is 5.05. The fourth-order valence-corrected chi connectivity index (χ4v) is 3.48. The van der Waals surface area contributed by atoms with Crippen LogP contribution < -0.4 is 10.1 Å². The number of nitrogens with zero attached hydrogens (tertiary/aromatic N) is 1. The number of carbonyl (C=O) groups is 3. The molecule has 0 radical (unpaired) electrons. The van der Waals surface area contributed by atoms with Crippen LogP contribution in [0.5, 0.6) is 11.5 Å². The molecule has 0 bridgehead atoms. The normalized spacial score (nSPS) is 18.1. The number of ether oxygens (including phenoxy) is 2. The van der Waals surface area contributed by atoms with Crippen molar-refractivity contribution in [2.45, 2.75) is 32.3 Å².